The highest BCUT2D eigenvalue weighted by Gasteiger charge is 2.25. The lowest BCUT2D eigenvalue weighted by Crippen LogP contribution is -2.53. The van der Waals surface area contributed by atoms with Crippen LogP contribution in [0.4, 0.5) is 0 Å². The molecule has 0 radical (unpaired) electrons. The molecule has 1 aliphatic heterocycles. The lowest BCUT2D eigenvalue weighted by atomic mass is 10.0. The minimum Gasteiger partial charge on any atom is -0.304 e. The van der Waals surface area contributed by atoms with Crippen LogP contribution in [0.5, 0.6) is 0 Å². The largest absolute Gasteiger partial charge is 0.304 e. The Bertz CT molecular complexity index is 391. The Kier molecular flexibility index (Phi) is 4.87. The molecule has 1 aromatic rings. The summed E-state index contributed by atoms with van der Waals surface area (Å²) in [7, 11) is 6.28. The van der Waals surface area contributed by atoms with E-state index < -0.39 is 0 Å². The van der Waals surface area contributed by atoms with Crippen LogP contribution in [0.25, 0.3) is 0 Å². The fraction of sp³-hybridized carbons (Fsp3) is 0.833. The van der Waals surface area contributed by atoms with E-state index in [1.54, 1.807) is 11.0 Å². The van der Waals surface area contributed by atoms with Gasteiger partial charge in [0.15, 0.2) is 0 Å². The van der Waals surface area contributed by atoms with Crippen LogP contribution in [0.1, 0.15) is 12.2 Å². The Morgan fingerprint density at radius 1 is 1.42 bits per heavy atom. The first-order chi connectivity index (χ1) is 9.10. The molecule has 2 atom stereocenters. The summed E-state index contributed by atoms with van der Waals surface area (Å²) >= 11 is 0. The number of hydrogen-bond acceptors (Lipinski definition) is 6. The smallest absolute Gasteiger partial charge is 0.138 e. The number of aromatic nitrogens is 3. The molecule has 2 heterocycles. The van der Waals surface area contributed by atoms with Crippen LogP contribution in [0, 0.1) is 0 Å². The van der Waals surface area contributed by atoms with Crippen LogP contribution in [-0.4, -0.2) is 70.4 Å². The molecule has 0 saturated carbocycles. The summed E-state index contributed by atoms with van der Waals surface area (Å²) in [6.07, 6.45) is 3.41. The highest BCUT2D eigenvalue weighted by molar-refractivity contribution is 4.91. The van der Waals surface area contributed by atoms with E-state index in [9.17, 15) is 0 Å². The molecule has 1 aliphatic rings. The molecule has 0 aliphatic carbocycles. The first-order valence-electron chi connectivity index (χ1n) is 6.78. The van der Waals surface area contributed by atoms with E-state index in [1.807, 2.05) is 7.05 Å². The quantitative estimate of drug-likeness (QED) is 0.517. The topological polar surface area (TPSA) is 75.2 Å². The molecule has 0 bridgehead atoms. The lowest BCUT2D eigenvalue weighted by molar-refractivity contribution is 0.101. The molecule has 1 fully saturated rings. The van der Waals surface area contributed by atoms with Crippen LogP contribution in [0.2, 0.25) is 0 Å². The zero-order chi connectivity index (χ0) is 13.8. The van der Waals surface area contributed by atoms with Gasteiger partial charge in [-0.1, -0.05) is 0 Å². The van der Waals surface area contributed by atoms with E-state index in [-0.39, 0.29) is 6.04 Å². The highest BCUT2D eigenvalue weighted by atomic mass is 15.3. The second kappa shape index (κ2) is 6.42. The fourth-order valence-electron chi connectivity index (χ4n) is 2.62. The maximum Gasteiger partial charge on any atom is 0.138 e. The van der Waals surface area contributed by atoms with Crippen molar-refractivity contribution in [3.05, 3.63) is 12.2 Å². The zero-order valence-electron chi connectivity index (χ0n) is 12.1. The maximum absolute atomic E-state index is 5.70. The average molecular weight is 267 g/mol. The van der Waals surface area contributed by atoms with Crippen molar-refractivity contribution in [1.82, 2.24) is 30.0 Å². The summed E-state index contributed by atoms with van der Waals surface area (Å²) in [6, 6.07) is 0.759. The number of likely N-dealkylation sites (N-methyl/N-ethyl adjacent to an activating group) is 2. The number of hydrogen-bond donors (Lipinski definition) is 2. The van der Waals surface area contributed by atoms with Crippen LogP contribution in [0.3, 0.4) is 0 Å². The van der Waals surface area contributed by atoms with E-state index in [1.165, 1.54) is 0 Å². The van der Waals surface area contributed by atoms with Crippen molar-refractivity contribution in [1.29, 1.82) is 0 Å². The SMILES string of the molecule is CN1CCN(C)C(CC(Cc2ncnn2C)NN)C1. The van der Waals surface area contributed by atoms with Crippen LogP contribution < -0.4 is 11.3 Å². The Morgan fingerprint density at radius 2 is 2.21 bits per heavy atom. The van der Waals surface area contributed by atoms with E-state index >= 15 is 0 Å². The minimum absolute atomic E-state index is 0.224. The summed E-state index contributed by atoms with van der Waals surface area (Å²) in [5.41, 5.74) is 2.92. The number of hydrazine groups is 1. The number of nitrogens with two attached hydrogens (primary N) is 1. The molecular formula is C12H25N7. The minimum atomic E-state index is 0.224. The molecule has 2 rings (SSSR count). The number of aryl methyl sites for hydroxylation is 1. The molecule has 3 N–H and O–H groups in total. The van der Waals surface area contributed by atoms with Gasteiger partial charge in [-0.2, -0.15) is 5.10 Å². The molecule has 19 heavy (non-hydrogen) atoms. The van der Waals surface area contributed by atoms with Crippen molar-refractivity contribution >= 4 is 0 Å². The van der Waals surface area contributed by atoms with Crippen LogP contribution >= 0.6 is 0 Å². The fourth-order valence-corrected chi connectivity index (χ4v) is 2.62. The van der Waals surface area contributed by atoms with Gasteiger partial charge in [0.25, 0.3) is 0 Å². The number of nitrogens with zero attached hydrogens (tertiary/aromatic N) is 5. The molecule has 2 unspecified atom stereocenters. The Hall–Kier alpha value is -1.02. The summed E-state index contributed by atoms with van der Waals surface area (Å²) in [4.78, 5) is 9.06. The van der Waals surface area contributed by atoms with Crippen molar-refractivity contribution in [2.45, 2.75) is 24.9 Å². The lowest BCUT2D eigenvalue weighted by Gasteiger charge is -2.39. The Balaban J connectivity index is 1.93. The normalized spacial score (nSPS) is 23.7. The van der Waals surface area contributed by atoms with E-state index in [0.717, 1.165) is 38.3 Å². The predicted octanol–water partition coefficient (Wildman–Crippen LogP) is -1.17. The van der Waals surface area contributed by atoms with Crippen LogP contribution in [-0.2, 0) is 13.5 Å². The number of rotatable bonds is 5. The van der Waals surface area contributed by atoms with Crippen molar-refractivity contribution < 1.29 is 0 Å². The van der Waals surface area contributed by atoms with Crippen molar-refractivity contribution in [2.24, 2.45) is 12.9 Å². The molecule has 1 aromatic heterocycles. The van der Waals surface area contributed by atoms with Gasteiger partial charge in [-0.05, 0) is 20.5 Å². The third-order valence-electron chi connectivity index (χ3n) is 4.01. The number of nitrogens with one attached hydrogen (secondary N) is 1. The van der Waals surface area contributed by atoms with Gasteiger partial charge in [-0.15, -0.1) is 0 Å². The van der Waals surface area contributed by atoms with Crippen molar-refractivity contribution in [3.8, 4) is 0 Å². The maximum atomic E-state index is 5.70. The second-order valence-electron chi connectivity index (χ2n) is 5.50. The highest BCUT2D eigenvalue weighted by Crippen LogP contribution is 2.13. The summed E-state index contributed by atoms with van der Waals surface area (Å²) < 4.78 is 1.81. The monoisotopic (exact) mass is 267 g/mol. The van der Waals surface area contributed by atoms with Crippen LogP contribution in [0.15, 0.2) is 6.33 Å². The predicted molar refractivity (Wildman–Crippen MR) is 74.4 cm³/mol. The van der Waals surface area contributed by atoms with Gasteiger partial charge in [0.1, 0.15) is 12.2 Å². The molecule has 0 aromatic carbocycles. The third-order valence-corrected chi connectivity index (χ3v) is 4.01. The van der Waals surface area contributed by atoms with E-state index in [2.05, 4.69) is 39.4 Å². The summed E-state index contributed by atoms with van der Waals surface area (Å²) in [6.45, 7) is 3.34. The van der Waals surface area contributed by atoms with Gasteiger partial charge in [-0.3, -0.25) is 16.0 Å². The Labute approximate surface area is 114 Å². The third kappa shape index (κ3) is 3.73. The average Bonchev–Trinajstić information content (AvgIpc) is 2.78. The number of piperazine rings is 1. The van der Waals surface area contributed by atoms with E-state index in [0.29, 0.717) is 6.04 Å². The Morgan fingerprint density at radius 3 is 2.84 bits per heavy atom. The van der Waals surface area contributed by atoms with Gasteiger partial charge in [0, 0.05) is 45.2 Å². The first kappa shape index (κ1) is 14.4. The molecule has 0 spiro atoms. The zero-order valence-corrected chi connectivity index (χ0v) is 12.1. The standard InChI is InChI=1S/C12H25N7/c1-17-4-5-18(2)11(8-17)6-10(16-13)7-12-14-9-15-19(12)3/h9-11,16H,4-8,13H2,1-3H3. The van der Waals surface area contributed by atoms with Gasteiger partial charge in [0.2, 0.25) is 0 Å². The summed E-state index contributed by atoms with van der Waals surface area (Å²) in [5, 5.41) is 4.10. The molecule has 108 valence electrons. The van der Waals surface area contributed by atoms with Gasteiger partial charge >= 0.3 is 0 Å². The first-order valence-corrected chi connectivity index (χ1v) is 6.78. The molecule has 0 amide bonds. The second-order valence-corrected chi connectivity index (χ2v) is 5.50. The molecular weight excluding hydrogens is 242 g/mol. The molecule has 7 heteroatoms. The van der Waals surface area contributed by atoms with Crippen molar-refractivity contribution in [3.63, 3.8) is 0 Å². The summed E-state index contributed by atoms with van der Waals surface area (Å²) in [5.74, 6) is 6.66. The van der Waals surface area contributed by atoms with E-state index in [4.69, 9.17) is 5.84 Å². The molecule has 7 nitrogen and oxygen atoms in total. The van der Waals surface area contributed by atoms with Gasteiger partial charge in [-0.25, -0.2) is 4.98 Å². The van der Waals surface area contributed by atoms with Gasteiger partial charge in [0.05, 0.1) is 0 Å². The van der Waals surface area contributed by atoms with Gasteiger partial charge < -0.3 is 9.80 Å². The van der Waals surface area contributed by atoms with Crippen molar-refractivity contribution in [2.75, 3.05) is 33.7 Å². The molecule has 1 saturated heterocycles.